The molecule has 1 aromatic rings. The highest BCUT2D eigenvalue weighted by atomic mass is 32.2. The SMILES string of the molecule is COC1=C(OC)C(=S(=O)=O)C(N(C(=O)OC(C)(C)C)c2cccc(C#CCO)c2)C=C1. The van der Waals surface area contributed by atoms with Crippen LogP contribution in [-0.2, 0) is 24.5 Å². The number of nitrogens with zero attached hydrogens (tertiary/aromatic N) is 1. The van der Waals surface area contributed by atoms with Gasteiger partial charge in [-0.1, -0.05) is 24.0 Å². The quantitative estimate of drug-likeness (QED) is 0.558. The molecule has 1 N–H and O–H groups in total. The molecule has 8 nitrogen and oxygen atoms in total. The Morgan fingerprint density at radius 1 is 1.23 bits per heavy atom. The van der Waals surface area contributed by atoms with Gasteiger partial charge in [-0.3, -0.25) is 4.90 Å². The van der Waals surface area contributed by atoms with Crippen LogP contribution in [-0.4, -0.2) is 57.0 Å². The molecule has 1 aliphatic rings. The lowest BCUT2D eigenvalue weighted by molar-refractivity contribution is 0.0578. The molecule has 1 atom stereocenters. The number of carbonyl (C=O) groups is 1. The van der Waals surface area contributed by atoms with Crippen molar-refractivity contribution in [2.75, 3.05) is 25.7 Å². The minimum absolute atomic E-state index is 0.00637. The highest BCUT2D eigenvalue weighted by Gasteiger charge is 2.37. The Bertz CT molecular complexity index is 1090. The van der Waals surface area contributed by atoms with E-state index in [1.165, 1.54) is 31.3 Å². The summed E-state index contributed by atoms with van der Waals surface area (Å²) in [6.07, 6.45) is 2.29. The zero-order valence-corrected chi connectivity index (χ0v) is 18.8. The number of hydrogen-bond acceptors (Lipinski definition) is 7. The Balaban J connectivity index is 2.69. The van der Waals surface area contributed by atoms with E-state index < -0.39 is 28.0 Å². The van der Waals surface area contributed by atoms with E-state index in [0.29, 0.717) is 11.3 Å². The van der Waals surface area contributed by atoms with E-state index >= 15 is 0 Å². The van der Waals surface area contributed by atoms with E-state index in [4.69, 9.17) is 19.3 Å². The number of rotatable bonds is 4. The van der Waals surface area contributed by atoms with Crippen LogP contribution in [0.3, 0.4) is 0 Å². The highest BCUT2D eigenvalue weighted by Crippen LogP contribution is 2.28. The van der Waals surface area contributed by atoms with Crippen molar-refractivity contribution < 1.29 is 32.5 Å². The van der Waals surface area contributed by atoms with Crippen molar-refractivity contribution in [3.05, 3.63) is 53.5 Å². The molecule has 0 aliphatic heterocycles. The zero-order valence-electron chi connectivity index (χ0n) is 18.0. The normalized spacial score (nSPS) is 15.7. The van der Waals surface area contributed by atoms with Crippen LogP contribution in [0.15, 0.2) is 47.9 Å². The number of anilines is 1. The van der Waals surface area contributed by atoms with Crippen molar-refractivity contribution in [3.63, 3.8) is 0 Å². The molecule has 0 fully saturated rings. The van der Waals surface area contributed by atoms with Crippen LogP contribution >= 0.6 is 0 Å². The van der Waals surface area contributed by atoms with Gasteiger partial charge in [0.25, 0.3) is 0 Å². The molecule has 0 bridgehead atoms. The molecule has 0 spiro atoms. The fraction of sp³-hybridized carbons (Fsp3) is 0.364. The summed E-state index contributed by atoms with van der Waals surface area (Å²) in [5, 5.41) is 8.96. The third-order valence-electron chi connectivity index (χ3n) is 4.05. The molecule has 1 aromatic carbocycles. The second-order valence-electron chi connectivity index (χ2n) is 7.37. The molecule has 1 aliphatic carbocycles. The van der Waals surface area contributed by atoms with Gasteiger partial charge in [0.2, 0.25) is 10.3 Å². The fourth-order valence-electron chi connectivity index (χ4n) is 2.90. The van der Waals surface area contributed by atoms with Crippen LogP contribution in [0.25, 0.3) is 0 Å². The molecule has 166 valence electrons. The lowest BCUT2D eigenvalue weighted by Gasteiger charge is -2.34. The largest absolute Gasteiger partial charge is 0.493 e. The summed E-state index contributed by atoms with van der Waals surface area (Å²) in [5.74, 6) is 5.52. The average molecular weight is 448 g/mol. The van der Waals surface area contributed by atoms with Gasteiger partial charge in [-0.05, 0) is 45.0 Å². The molecular formula is C22H25NO7S. The second kappa shape index (κ2) is 10.2. The van der Waals surface area contributed by atoms with E-state index in [-0.39, 0.29) is 23.0 Å². The van der Waals surface area contributed by atoms with E-state index in [1.807, 2.05) is 0 Å². The Morgan fingerprint density at radius 2 is 1.94 bits per heavy atom. The minimum atomic E-state index is -2.74. The maximum absolute atomic E-state index is 13.2. The standard InChI is InChI=1S/C22H25NO7S/c1-22(2,3)30-21(25)23(16-10-6-8-15(14-16)9-7-13-24)17-11-12-18(28-4)19(29-5)20(17)31(26)27/h6,8,10-12,14,17,24H,13H2,1-5H3. The van der Waals surface area contributed by atoms with E-state index in [1.54, 1.807) is 45.0 Å². The number of methoxy groups -OCH3 is 2. The van der Waals surface area contributed by atoms with Crippen molar-refractivity contribution in [1.29, 1.82) is 0 Å². The number of aliphatic hydroxyl groups is 1. The van der Waals surface area contributed by atoms with Gasteiger partial charge in [0.1, 0.15) is 23.1 Å². The predicted octanol–water partition coefficient (Wildman–Crippen LogP) is 2.27. The number of ether oxygens (including phenoxy) is 3. The van der Waals surface area contributed by atoms with E-state index in [0.717, 1.165) is 0 Å². The highest BCUT2D eigenvalue weighted by molar-refractivity contribution is 7.73. The Kier molecular flexibility index (Phi) is 7.91. The maximum Gasteiger partial charge on any atom is 0.415 e. The first-order chi connectivity index (χ1) is 14.6. The van der Waals surface area contributed by atoms with Gasteiger partial charge < -0.3 is 19.3 Å². The second-order valence-corrected chi connectivity index (χ2v) is 8.27. The molecule has 0 radical (unpaired) electrons. The van der Waals surface area contributed by atoms with Crippen molar-refractivity contribution in [1.82, 2.24) is 0 Å². The number of aliphatic hydroxyl groups excluding tert-OH is 1. The summed E-state index contributed by atoms with van der Waals surface area (Å²) in [6.45, 7) is 4.81. The van der Waals surface area contributed by atoms with Crippen LogP contribution in [0.2, 0.25) is 0 Å². The zero-order chi connectivity index (χ0) is 23.2. The van der Waals surface area contributed by atoms with Crippen molar-refractivity contribution >= 4 is 26.9 Å². The Hall–Kier alpha value is -3.22. The van der Waals surface area contributed by atoms with Crippen LogP contribution in [0, 0.1) is 11.8 Å². The summed E-state index contributed by atoms with van der Waals surface area (Å²) in [6, 6.07) is 5.56. The first kappa shape index (κ1) is 24.1. The number of carbonyl (C=O) groups excluding carboxylic acids is 1. The first-order valence-electron chi connectivity index (χ1n) is 9.32. The molecule has 1 unspecified atom stereocenters. The van der Waals surface area contributed by atoms with Gasteiger partial charge >= 0.3 is 6.09 Å². The van der Waals surface area contributed by atoms with Gasteiger partial charge in [0.05, 0.1) is 14.2 Å². The molecule has 2 rings (SSSR count). The smallest absolute Gasteiger partial charge is 0.415 e. The van der Waals surface area contributed by atoms with Gasteiger partial charge in [0.15, 0.2) is 11.5 Å². The van der Waals surface area contributed by atoms with Crippen LogP contribution < -0.4 is 4.90 Å². The third kappa shape index (κ3) is 5.90. The van der Waals surface area contributed by atoms with Crippen molar-refractivity contribution in [2.45, 2.75) is 32.4 Å². The van der Waals surface area contributed by atoms with Crippen molar-refractivity contribution in [2.24, 2.45) is 0 Å². The summed E-state index contributed by atoms with van der Waals surface area (Å²) < 4.78 is 40.4. The number of allylic oxidation sites excluding steroid dienone is 1. The Morgan fingerprint density at radius 3 is 2.48 bits per heavy atom. The van der Waals surface area contributed by atoms with Crippen LogP contribution in [0.4, 0.5) is 10.5 Å². The molecule has 9 heteroatoms. The van der Waals surface area contributed by atoms with Crippen molar-refractivity contribution in [3.8, 4) is 11.8 Å². The van der Waals surface area contributed by atoms with Crippen LogP contribution in [0.1, 0.15) is 26.3 Å². The average Bonchev–Trinajstić information content (AvgIpc) is 2.70. The van der Waals surface area contributed by atoms with E-state index in [9.17, 15) is 13.2 Å². The summed E-state index contributed by atoms with van der Waals surface area (Å²) in [7, 11) is -0.0285. The minimum Gasteiger partial charge on any atom is -0.493 e. The first-order valence-corrected chi connectivity index (χ1v) is 10.4. The summed E-state index contributed by atoms with van der Waals surface area (Å²) in [4.78, 5) is 14.2. The predicted molar refractivity (Wildman–Crippen MR) is 117 cm³/mol. The molecule has 31 heavy (non-hydrogen) atoms. The Labute approximate surface area is 183 Å². The summed E-state index contributed by atoms with van der Waals surface area (Å²) in [5.41, 5.74) is 0.0637. The molecular weight excluding hydrogens is 422 g/mol. The topological polar surface area (TPSA) is 102 Å². The van der Waals surface area contributed by atoms with Gasteiger partial charge in [-0.15, -0.1) is 0 Å². The number of hydrogen-bond donors (Lipinski definition) is 1. The number of benzene rings is 1. The molecule has 0 aromatic heterocycles. The van der Waals surface area contributed by atoms with Gasteiger partial charge in [-0.2, -0.15) is 8.42 Å². The molecule has 0 saturated carbocycles. The molecule has 1 amide bonds. The van der Waals surface area contributed by atoms with Gasteiger partial charge in [0, 0.05) is 11.3 Å². The van der Waals surface area contributed by atoms with Gasteiger partial charge in [-0.25, -0.2) is 4.79 Å². The molecule has 0 heterocycles. The monoisotopic (exact) mass is 447 g/mol. The van der Waals surface area contributed by atoms with E-state index in [2.05, 4.69) is 11.8 Å². The lowest BCUT2D eigenvalue weighted by atomic mass is 10.0. The fourth-order valence-corrected chi connectivity index (χ4v) is 3.62. The summed E-state index contributed by atoms with van der Waals surface area (Å²) >= 11 is 0. The lowest BCUT2D eigenvalue weighted by Crippen LogP contribution is -2.48. The maximum atomic E-state index is 13.2. The number of amides is 1. The third-order valence-corrected chi connectivity index (χ3v) is 4.84. The van der Waals surface area contributed by atoms with Crippen LogP contribution in [0.5, 0.6) is 0 Å². The molecule has 0 saturated heterocycles.